The first-order valence-electron chi connectivity index (χ1n) is 13.4. The van der Waals surface area contributed by atoms with Crippen LogP contribution in [0.2, 0.25) is 0 Å². The van der Waals surface area contributed by atoms with E-state index >= 15 is 0 Å². The Morgan fingerprint density at radius 3 is 2.44 bits per heavy atom. The molecule has 0 saturated carbocycles. The summed E-state index contributed by atoms with van der Waals surface area (Å²) in [4.78, 5) is 32.2. The van der Waals surface area contributed by atoms with E-state index in [1.54, 1.807) is 36.4 Å². The summed E-state index contributed by atoms with van der Waals surface area (Å²) in [6.07, 6.45) is 0. The number of hydrogen-bond acceptors (Lipinski definition) is 7. The number of benzene rings is 2. The molecule has 2 aromatic heterocycles. The number of pyridine rings is 1. The highest BCUT2D eigenvalue weighted by Gasteiger charge is 2.29. The number of carbonyl (C=O) groups excluding carboxylic acids is 2. The van der Waals surface area contributed by atoms with E-state index in [0.29, 0.717) is 50.5 Å². The van der Waals surface area contributed by atoms with Crippen LogP contribution in [0.1, 0.15) is 20.9 Å². The third-order valence-corrected chi connectivity index (χ3v) is 10.3. The summed E-state index contributed by atoms with van der Waals surface area (Å²) in [7, 11) is -3.62. The maximum absolute atomic E-state index is 13.2. The predicted molar refractivity (Wildman–Crippen MR) is 161 cm³/mol. The van der Waals surface area contributed by atoms with Gasteiger partial charge in [-0.25, -0.2) is 13.2 Å². The molecule has 3 N–H and O–H groups in total. The fraction of sp³-hybridized carbons (Fsp3) is 0.276. The zero-order valence-electron chi connectivity index (χ0n) is 22.7. The maximum atomic E-state index is 13.2. The number of rotatable bonds is 9. The molecule has 0 spiro atoms. The molecule has 0 unspecified atom stereocenters. The van der Waals surface area contributed by atoms with Gasteiger partial charge < -0.3 is 16.0 Å². The van der Waals surface area contributed by atoms with E-state index in [4.69, 9.17) is 0 Å². The second-order valence-electron chi connectivity index (χ2n) is 9.72. The Bertz CT molecular complexity index is 1630. The first kappa shape index (κ1) is 28.7. The summed E-state index contributed by atoms with van der Waals surface area (Å²) in [5, 5.41) is 9.52. The van der Waals surface area contributed by atoms with E-state index in [1.807, 2.05) is 43.3 Å². The molecular weight excluding hydrogens is 560 g/mol. The number of fused-ring (bicyclic) bond motifs is 1. The van der Waals surface area contributed by atoms with Gasteiger partial charge in [0.05, 0.1) is 17.7 Å². The molecule has 5 rings (SSSR count). The second-order valence-corrected chi connectivity index (χ2v) is 13.1. The van der Waals surface area contributed by atoms with Crippen LogP contribution in [0.5, 0.6) is 0 Å². The summed E-state index contributed by atoms with van der Waals surface area (Å²) in [6, 6.07) is 21.4. The molecule has 0 atom stereocenters. The number of nitrogens with one attached hydrogen (secondary N) is 3. The number of urea groups is 1. The largest absolute Gasteiger partial charge is 0.347 e. The van der Waals surface area contributed by atoms with Crippen LogP contribution in [0, 0.1) is 6.92 Å². The highest BCUT2D eigenvalue weighted by Crippen LogP contribution is 2.26. The molecule has 214 valence electrons. The SMILES string of the molecule is Cc1cc(NC(=O)NCCN2CCN(S(=O)(=O)c3ccc(CNC(=O)c4ccccc4)s3)CC2)c2ccccc2n1. The fourth-order valence-corrected chi connectivity index (χ4v) is 7.55. The third kappa shape index (κ3) is 7.09. The van der Waals surface area contributed by atoms with Gasteiger partial charge in [-0.1, -0.05) is 36.4 Å². The Morgan fingerprint density at radius 1 is 0.927 bits per heavy atom. The molecule has 0 bridgehead atoms. The van der Waals surface area contributed by atoms with E-state index in [0.717, 1.165) is 21.5 Å². The summed E-state index contributed by atoms with van der Waals surface area (Å²) >= 11 is 1.17. The smallest absolute Gasteiger partial charge is 0.319 e. The third-order valence-electron chi connectivity index (χ3n) is 6.83. The molecule has 12 heteroatoms. The van der Waals surface area contributed by atoms with Gasteiger partial charge in [0.1, 0.15) is 4.21 Å². The zero-order chi connectivity index (χ0) is 28.8. The number of nitrogens with zero attached hydrogens (tertiary/aromatic N) is 3. The number of piperazine rings is 1. The van der Waals surface area contributed by atoms with E-state index < -0.39 is 10.0 Å². The topological polar surface area (TPSA) is 124 Å². The van der Waals surface area contributed by atoms with Crippen molar-refractivity contribution in [1.29, 1.82) is 0 Å². The first-order chi connectivity index (χ1) is 19.8. The number of aryl methyl sites for hydroxylation is 1. The molecule has 0 aliphatic carbocycles. The molecule has 3 amide bonds. The lowest BCUT2D eigenvalue weighted by molar-refractivity contribution is 0.0951. The predicted octanol–water partition coefficient (Wildman–Crippen LogP) is 3.66. The minimum Gasteiger partial charge on any atom is -0.347 e. The van der Waals surface area contributed by atoms with E-state index in [9.17, 15) is 18.0 Å². The van der Waals surface area contributed by atoms with Gasteiger partial charge in [-0.15, -0.1) is 11.3 Å². The molecule has 4 aromatic rings. The van der Waals surface area contributed by atoms with Crippen molar-refractivity contribution in [1.82, 2.24) is 24.8 Å². The van der Waals surface area contributed by atoms with Crippen molar-refractivity contribution in [3.05, 3.63) is 88.9 Å². The van der Waals surface area contributed by atoms with Crippen LogP contribution in [0.4, 0.5) is 10.5 Å². The number of anilines is 1. The quantitative estimate of drug-likeness (QED) is 0.273. The molecule has 0 radical (unpaired) electrons. The van der Waals surface area contributed by atoms with Crippen molar-refractivity contribution < 1.29 is 18.0 Å². The average molecular weight is 593 g/mol. The number of aromatic nitrogens is 1. The number of para-hydroxylation sites is 1. The minimum absolute atomic E-state index is 0.201. The standard InChI is InChI=1S/C29H32N6O4S2/c1-21-19-26(24-9-5-6-10-25(24)32-21)33-29(37)30-13-14-34-15-17-35(18-16-34)41(38,39)27-12-11-23(40-27)20-31-28(36)22-7-3-2-4-8-22/h2-12,19H,13-18,20H2,1H3,(H,31,36)(H2,30,32,33,37). The summed E-state index contributed by atoms with van der Waals surface area (Å²) in [6.45, 7) is 5.08. The number of sulfonamides is 1. The Kier molecular flexibility index (Phi) is 8.93. The highest BCUT2D eigenvalue weighted by atomic mass is 32.2. The lowest BCUT2D eigenvalue weighted by atomic mass is 10.1. The average Bonchev–Trinajstić information content (AvgIpc) is 3.47. The van der Waals surface area contributed by atoms with Crippen molar-refractivity contribution in [2.75, 3.05) is 44.6 Å². The van der Waals surface area contributed by atoms with Crippen LogP contribution in [0.3, 0.4) is 0 Å². The van der Waals surface area contributed by atoms with Crippen LogP contribution < -0.4 is 16.0 Å². The van der Waals surface area contributed by atoms with Crippen LogP contribution >= 0.6 is 11.3 Å². The highest BCUT2D eigenvalue weighted by molar-refractivity contribution is 7.91. The minimum atomic E-state index is -3.62. The molecule has 10 nitrogen and oxygen atoms in total. The fourth-order valence-electron chi connectivity index (χ4n) is 4.68. The Hall–Kier alpha value is -3.84. The van der Waals surface area contributed by atoms with Gasteiger partial charge in [-0.05, 0) is 43.3 Å². The van der Waals surface area contributed by atoms with Gasteiger partial charge in [0.15, 0.2) is 0 Å². The number of amides is 3. The molecule has 1 saturated heterocycles. The van der Waals surface area contributed by atoms with E-state index in [2.05, 4.69) is 25.8 Å². The normalized spacial score (nSPS) is 14.6. The second kappa shape index (κ2) is 12.8. The van der Waals surface area contributed by atoms with Crippen molar-refractivity contribution in [2.45, 2.75) is 17.7 Å². The molecular formula is C29H32N6O4S2. The van der Waals surface area contributed by atoms with E-state index in [1.165, 1.54) is 15.6 Å². The van der Waals surface area contributed by atoms with Crippen molar-refractivity contribution in [2.24, 2.45) is 0 Å². The molecule has 41 heavy (non-hydrogen) atoms. The number of carbonyl (C=O) groups is 2. The Balaban J connectivity index is 1.06. The summed E-state index contributed by atoms with van der Waals surface area (Å²) < 4.78 is 28.2. The van der Waals surface area contributed by atoms with Crippen LogP contribution in [0.15, 0.2) is 77.0 Å². The van der Waals surface area contributed by atoms with Gasteiger partial charge in [0.25, 0.3) is 15.9 Å². The molecule has 3 heterocycles. The van der Waals surface area contributed by atoms with Crippen LogP contribution in [-0.4, -0.2) is 73.8 Å². The Morgan fingerprint density at radius 2 is 1.66 bits per heavy atom. The van der Waals surface area contributed by atoms with Crippen molar-refractivity contribution in [3.63, 3.8) is 0 Å². The maximum Gasteiger partial charge on any atom is 0.319 e. The van der Waals surface area contributed by atoms with Gasteiger partial charge in [-0.2, -0.15) is 4.31 Å². The van der Waals surface area contributed by atoms with Gasteiger partial charge in [-0.3, -0.25) is 14.7 Å². The lowest BCUT2D eigenvalue weighted by Crippen LogP contribution is -2.50. The van der Waals surface area contributed by atoms with E-state index in [-0.39, 0.29) is 22.7 Å². The van der Waals surface area contributed by atoms with Gasteiger partial charge in [0, 0.05) is 60.8 Å². The number of thiophene rings is 1. The lowest BCUT2D eigenvalue weighted by Gasteiger charge is -2.33. The molecule has 1 aliphatic rings. The monoisotopic (exact) mass is 592 g/mol. The zero-order valence-corrected chi connectivity index (χ0v) is 24.3. The summed E-state index contributed by atoms with van der Waals surface area (Å²) in [5.74, 6) is -0.201. The van der Waals surface area contributed by atoms with Crippen molar-refractivity contribution >= 4 is 49.9 Å². The van der Waals surface area contributed by atoms with Crippen LogP contribution in [0.25, 0.3) is 10.9 Å². The first-order valence-corrected chi connectivity index (χ1v) is 15.6. The molecule has 2 aromatic carbocycles. The Labute approximate surface area is 243 Å². The van der Waals surface area contributed by atoms with Gasteiger partial charge >= 0.3 is 6.03 Å². The molecule has 1 aliphatic heterocycles. The van der Waals surface area contributed by atoms with Crippen LogP contribution in [-0.2, 0) is 16.6 Å². The number of hydrogen-bond donors (Lipinski definition) is 3. The molecule has 1 fully saturated rings. The van der Waals surface area contributed by atoms with Crippen molar-refractivity contribution in [3.8, 4) is 0 Å². The summed E-state index contributed by atoms with van der Waals surface area (Å²) in [5.41, 5.74) is 2.91. The van der Waals surface area contributed by atoms with Gasteiger partial charge in [0.2, 0.25) is 0 Å².